The van der Waals surface area contributed by atoms with Crippen LogP contribution in [0.5, 0.6) is 0 Å². The smallest absolute Gasteiger partial charge is 0.171 e. The van der Waals surface area contributed by atoms with Crippen LogP contribution in [0.3, 0.4) is 0 Å². The normalized spacial score (nSPS) is 11.0. The summed E-state index contributed by atoms with van der Waals surface area (Å²) in [6.45, 7) is 5.64. The van der Waals surface area contributed by atoms with Crippen molar-refractivity contribution in [2.75, 3.05) is 0 Å². The van der Waals surface area contributed by atoms with Gasteiger partial charge in [0.05, 0.1) is 0 Å². The summed E-state index contributed by atoms with van der Waals surface area (Å²) in [5, 5.41) is 0. The van der Waals surface area contributed by atoms with Crippen molar-refractivity contribution >= 4 is 0 Å². The third-order valence-electron chi connectivity index (χ3n) is 4.53. The van der Waals surface area contributed by atoms with Crippen LogP contribution in [0.4, 0.5) is 0 Å². The van der Waals surface area contributed by atoms with E-state index in [0.29, 0.717) is 0 Å². The fraction of sp³-hybridized carbons (Fsp3) is 0.762. The number of nitrogens with zero attached hydrogens (tertiary/aromatic N) is 1. The lowest BCUT2D eigenvalue weighted by Gasteiger charge is -2.02. The van der Waals surface area contributed by atoms with Crippen molar-refractivity contribution in [2.45, 2.75) is 104 Å². The van der Waals surface area contributed by atoms with Crippen LogP contribution in [0.1, 0.15) is 96.0 Å². The van der Waals surface area contributed by atoms with Crippen LogP contribution in [0.15, 0.2) is 24.5 Å². The number of rotatable bonds is 14. The van der Waals surface area contributed by atoms with Crippen molar-refractivity contribution < 1.29 is 4.57 Å². The highest BCUT2D eigenvalue weighted by Gasteiger charge is 2.00. The van der Waals surface area contributed by atoms with E-state index in [-0.39, 0.29) is 0 Å². The minimum atomic E-state index is 1.18. The van der Waals surface area contributed by atoms with Gasteiger partial charge in [0.1, 0.15) is 6.54 Å². The zero-order valence-electron chi connectivity index (χ0n) is 15.2. The first-order chi connectivity index (χ1) is 10.8. The molecule has 0 saturated carbocycles. The Kier molecular flexibility index (Phi) is 12.0. The van der Waals surface area contributed by atoms with E-state index in [1.807, 2.05) is 0 Å². The molecule has 22 heavy (non-hydrogen) atoms. The molecule has 0 aromatic carbocycles. The molecule has 0 aliphatic carbocycles. The summed E-state index contributed by atoms with van der Waals surface area (Å²) >= 11 is 0. The largest absolute Gasteiger partial charge is 0.205 e. The second-order valence-electron chi connectivity index (χ2n) is 6.86. The molecule has 1 nitrogen and oxygen atoms in total. The predicted octanol–water partition coefficient (Wildman–Crippen LogP) is 6.37. The molecule has 0 unspecified atom stereocenters. The Morgan fingerprint density at radius 1 is 0.727 bits per heavy atom. The molecule has 0 spiro atoms. The van der Waals surface area contributed by atoms with Crippen LogP contribution in [-0.2, 0) is 6.54 Å². The fourth-order valence-electron chi connectivity index (χ4n) is 3.10. The molecular weight excluding hydrogens is 266 g/mol. The van der Waals surface area contributed by atoms with Gasteiger partial charge in [0.25, 0.3) is 0 Å². The van der Waals surface area contributed by atoms with Crippen LogP contribution in [-0.4, -0.2) is 0 Å². The molecule has 0 saturated heterocycles. The summed E-state index contributed by atoms with van der Waals surface area (Å²) in [5.41, 5.74) is 1.36. The maximum Gasteiger partial charge on any atom is 0.171 e. The van der Waals surface area contributed by atoms with Crippen LogP contribution in [0.2, 0.25) is 0 Å². The third-order valence-corrected chi connectivity index (χ3v) is 4.53. The Balaban J connectivity index is 1.80. The van der Waals surface area contributed by atoms with Gasteiger partial charge in [0.15, 0.2) is 12.4 Å². The van der Waals surface area contributed by atoms with Crippen LogP contribution < -0.4 is 4.57 Å². The molecule has 1 aromatic heterocycles. The van der Waals surface area contributed by atoms with Crippen LogP contribution in [0, 0.1) is 6.92 Å². The molecular formula is C21H38N+. The zero-order chi connectivity index (χ0) is 15.9. The topological polar surface area (TPSA) is 3.88 Å². The molecule has 0 radical (unpaired) electrons. The van der Waals surface area contributed by atoms with Crippen LogP contribution in [0.25, 0.3) is 0 Å². The highest BCUT2D eigenvalue weighted by Crippen LogP contribution is 2.12. The van der Waals surface area contributed by atoms with Crippen molar-refractivity contribution in [1.82, 2.24) is 0 Å². The second-order valence-corrected chi connectivity index (χ2v) is 6.86. The number of hydrogen-bond donors (Lipinski definition) is 0. The van der Waals surface area contributed by atoms with E-state index < -0.39 is 0 Å². The summed E-state index contributed by atoms with van der Waals surface area (Å²) in [5.74, 6) is 0. The Morgan fingerprint density at radius 2 is 1.23 bits per heavy atom. The summed E-state index contributed by atoms with van der Waals surface area (Å²) < 4.78 is 2.33. The molecule has 0 bridgehead atoms. The predicted molar refractivity (Wildman–Crippen MR) is 97.1 cm³/mol. The third kappa shape index (κ3) is 10.8. The summed E-state index contributed by atoms with van der Waals surface area (Å²) in [6.07, 6.45) is 23.0. The van der Waals surface area contributed by atoms with Crippen molar-refractivity contribution in [3.8, 4) is 0 Å². The Bertz CT molecular complexity index is 359. The number of unbranched alkanes of at least 4 members (excludes halogenated alkanes) is 12. The number of aryl methyl sites for hydroxylation is 2. The van der Waals surface area contributed by atoms with Gasteiger partial charge in [-0.2, -0.15) is 0 Å². The van der Waals surface area contributed by atoms with Gasteiger partial charge in [-0.05, 0) is 19.4 Å². The first kappa shape index (κ1) is 19.2. The van der Waals surface area contributed by atoms with Crippen molar-refractivity contribution in [1.29, 1.82) is 0 Å². The molecule has 1 heterocycles. The van der Waals surface area contributed by atoms with E-state index in [0.717, 1.165) is 0 Å². The van der Waals surface area contributed by atoms with Gasteiger partial charge < -0.3 is 0 Å². The van der Waals surface area contributed by atoms with Crippen molar-refractivity contribution in [3.63, 3.8) is 0 Å². The van der Waals surface area contributed by atoms with E-state index in [9.17, 15) is 0 Å². The van der Waals surface area contributed by atoms with Gasteiger partial charge in [0, 0.05) is 18.1 Å². The lowest BCUT2D eigenvalue weighted by molar-refractivity contribution is -0.697. The number of hydrogen-bond acceptors (Lipinski definition) is 0. The SMILES string of the molecule is CCCCCCCCCCCCCCC[n+]1cccc(C)c1. The van der Waals surface area contributed by atoms with E-state index in [1.165, 1.54) is 95.6 Å². The van der Waals surface area contributed by atoms with E-state index in [1.54, 1.807) is 0 Å². The van der Waals surface area contributed by atoms with Gasteiger partial charge >= 0.3 is 0 Å². The molecule has 126 valence electrons. The lowest BCUT2D eigenvalue weighted by Crippen LogP contribution is -2.32. The molecule has 0 atom stereocenters. The molecule has 0 amide bonds. The average Bonchev–Trinajstić information content (AvgIpc) is 2.52. The van der Waals surface area contributed by atoms with E-state index in [4.69, 9.17) is 0 Å². The van der Waals surface area contributed by atoms with Gasteiger partial charge in [-0.3, -0.25) is 0 Å². The molecule has 0 N–H and O–H groups in total. The Labute approximate surface area is 139 Å². The molecule has 0 aliphatic rings. The summed E-state index contributed by atoms with van der Waals surface area (Å²) in [7, 11) is 0. The number of aromatic nitrogens is 1. The minimum absolute atomic E-state index is 1.18. The maximum atomic E-state index is 2.33. The first-order valence-electron chi connectivity index (χ1n) is 9.78. The van der Waals surface area contributed by atoms with Gasteiger partial charge in [-0.15, -0.1) is 0 Å². The van der Waals surface area contributed by atoms with E-state index in [2.05, 4.69) is 42.9 Å². The Morgan fingerprint density at radius 3 is 1.73 bits per heavy atom. The summed E-state index contributed by atoms with van der Waals surface area (Å²) in [4.78, 5) is 0. The monoisotopic (exact) mass is 304 g/mol. The fourth-order valence-corrected chi connectivity index (χ4v) is 3.10. The zero-order valence-corrected chi connectivity index (χ0v) is 15.2. The Hall–Kier alpha value is -0.850. The molecule has 1 heteroatoms. The molecule has 1 aromatic rings. The number of pyridine rings is 1. The highest BCUT2D eigenvalue weighted by molar-refractivity contribution is 5.01. The van der Waals surface area contributed by atoms with Gasteiger partial charge in [-0.25, -0.2) is 4.57 Å². The first-order valence-corrected chi connectivity index (χ1v) is 9.78. The average molecular weight is 305 g/mol. The van der Waals surface area contributed by atoms with Gasteiger partial charge in [-0.1, -0.05) is 77.6 Å². The van der Waals surface area contributed by atoms with E-state index >= 15 is 0 Å². The van der Waals surface area contributed by atoms with Crippen LogP contribution >= 0.6 is 0 Å². The van der Waals surface area contributed by atoms with Crippen molar-refractivity contribution in [3.05, 3.63) is 30.1 Å². The molecule has 1 rings (SSSR count). The second kappa shape index (κ2) is 13.8. The summed E-state index contributed by atoms with van der Waals surface area (Å²) in [6, 6.07) is 4.32. The molecule has 0 fully saturated rings. The quantitative estimate of drug-likeness (QED) is 0.277. The lowest BCUT2D eigenvalue weighted by atomic mass is 10.0. The highest BCUT2D eigenvalue weighted by atomic mass is 14.9. The standard InChI is InChI=1S/C21H38N/c1-3-4-5-6-7-8-9-10-11-12-13-14-15-18-22-19-16-17-21(2)20-22/h16-17,19-20H,3-15,18H2,1-2H3/q+1. The minimum Gasteiger partial charge on any atom is -0.205 e. The molecule has 0 aliphatic heterocycles. The van der Waals surface area contributed by atoms with Crippen molar-refractivity contribution in [2.24, 2.45) is 0 Å². The van der Waals surface area contributed by atoms with Gasteiger partial charge in [0.2, 0.25) is 0 Å². The maximum absolute atomic E-state index is 2.33.